The van der Waals surface area contributed by atoms with Gasteiger partial charge in [0.25, 0.3) is 0 Å². The summed E-state index contributed by atoms with van der Waals surface area (Å²) in [7, 11) is 0. The molecular weight excluding hydrogens is 234 g/mol. The average Bonchev–Trinajstić information content (AvgIpc) is 2.48. The van der Waals surface area contributed by atoms with Crippen molar-refractivity contribution in [2.75, 3.05) is 6.61 Å². The second kappa shape index (κ2) is 7.78. The first kappa shape index (κ1) is 13.9. The quantitative estimate of drug-likeness (QED) is 0.317. The first-order chi connectivity index (χ1) is 9.42. The molecule has 1 aromatic rings. The molecule has 101 valence electrons. The molecule has 2 rings (SSSR count). The predicted octanol–water partition coefficient (Wildman–Crippen LogP) is 4.54. The van der Waals surface area contributed by atoms with Gasteiger partial charge in [-0.1, -0.05) is 54.8 Å². The Morgan fingerprint density at radius 3 is 2.84 bits per heavy atom. The Balaban J connectivity index is 2.00. The van der Waals surface area contributed by atoms with Crippen molar-refractivity contribution in [1.82, 2.24) is 0 Å². The van der Waals surface area contributed by atoms with Crippen LogP contribution < -0.4 is 0 Å². The van der Waals surface area contributed by atoms with Crippen LogP contribution in [-0.4, -0.2) is 12.8 Å². The zero-order valence-electron chi connectivity index (χ0n) is 11.5. The minimum absolute atomic E-state index is 0.572. The van der Waals surface area contributed by atoms with Crippen molar-refractivity contribution in [3.63, 3.8) is 0 Å². The Kier molecular flexibility index (Phi) is 5.67. The van der Waals surface area contributed by atoms with Crippen LogP contribution >= 0.6 is 0 Å². The zero-order chi connectivity index (χ0) is 13.3. The highest BCUT2D eigenvalue weighted by Gasteiger charge is 2.17. The SMILES string of the molecule is C=CCCON=[C]c1ccccc1C1CCCCC1. The number of nitrogens with zero attached hydrogens (tertiary/aromatic N) is 1. The topological polar surface area (TPSA) is 21.6 Å². The molecule has 0 bridgehead atoms. The van der Waals surface area contributed by atoms with Gasteiger partial charge in [-0.3, -0.25) is 0 Å². The van der Waals surface area contributed by atoms with Gasteiger partial charge in [0, 0.05) is 12.0 Å². The highest BCUT2D eigenvalue weighted by molar-refractivity contribution is 5.81. The summed E-state index contributed by atoms with van der Waals surface area (Å²) in [6, 6.07) is 8.42. The van der Waals surface area contributed by atoms with E-state index in [0.717, 1.165) is 12.0 Å². The van der Waals surface area contributed by atoms with Gasteiger partial charge in [-0.15, -0.1) is 6.58 Å². The molecule has 0 saturated heterocycles. The maximum atomic E-state index is 5.16. The van der Waals surface area contributed by atoms with Crippen LogP contribution in [0, 0.1) is 0 Å². The summed E-state index contributed by atoms with van der Waals surface area (Å²) >= 11 is 0. The third kappa shape index (κ3) is 4.23. The summed E-state index contributed by atoms with van der Waals surface area (Å²) in [5.41, 5.74) is 2.45. The molecule has 1 fully saturated rings. The first-order valence-corrected chi connectivity index (χ1v) is 7.19. The van der Waals surface area contributed by atoms with Crippen molar-refractivity contribution in [1.29, 1.82) is 0 Å². The van der Waals surface area contributed by atoms with Crippen molar-refractivity contribution in [2.45, 2.75) is 44.4 Å². The lowest BCUT2D eigenvalue weighted by atomic mass is 9.82. The molecule has 0 atom stereocenters. The van der Waals surface area contributed by atoms with Gasteiger partial charge >= 0.3 is 0 Å². The average molecular weight is 256 g/mol. The van der Waals surface area contributed by atoms with Gasteiger partial charge in [0.2, 0.25) is 0 Å². The molecule has 1 aromatic carbocycles. The van der Waals surface area contributed by atoms with Crippen molar-refractivity contribution in [2.24, 2.45) is 5.16 Å². The van der Waals surface area contributed by atoms with Crippen molar-refractivity contribution in [3.05, 3.63) is 48.0 Å². The van der Waals surface area contributed by atoms with Crippen LogP contribution in [0.15, 0.2) is 42.1 Å². The molecule has 0 amide bonds. The van der Waals surface area contributed by atoms with E-state index in [0.29, 0.717) is 12.5 Å². The normalized spacial score (nSPS) is 16.6. The fraction of sp³-hybridized carbons (Fsp3) is 0.471. The molecular formula is C17H22NO. The Morgan fingerprint density at radius 2 is 2.05 bits per heavy atom. The minimum atomic E-state index is 0.572. The molecule has 0 unspecified atom stereocenters. The Labute approximate surface area is 116 Å². The van der Waals surface area contributed by atoms with Gasteiger partial charge in [-0.25, -0.2) is 0 Å². The highest BCUT2D eigenvalue weighted by atomic mass is 16.6. The van der Waals surface area contributed by atoms with E-state index in [9.17, 15) is 0 Å². The molecule has 2 heteroatoms. The lowest BCUT2D eigenvalue weighted by Gasteiger charge is -2.23. The number of hydrogen-bond acceptors (Lipinski definition) is 2. The summed E-state index contributed by atoms with van der Waals surface area (Å²) in [5.74, 6) is 0.667. The van der Waals surface area contributed by atoms with E-state index < -0.39 is 0 Å². The molecule has 1 aliphatic carbocycles. The third-order valence-corrected chi connectivity index (χ3v) is 3.65. The monoisotopic (exact) mass is 256 g/mol. The maximum absolute atomic E-state index is 5.16. The molecule has 1 aliphatic rings. The molecule has 1 radical (unpaired) electrons. The second-order valence-electron chi connectivity index (χ2n) is 5.04. The highest BCUT2D eigenvalue weighted by Crippen LogP contribution is 2.33. The van der Waals surface area contributed by atoms with Crippen LogP contribution in [0.25, 0.3) is 0 Å². The smallest absolute Gasteiger partial charge is 0.139 e. The second-order valence-corrected chi connectivity index (χ2v) is 5.04. The van der Waals surface area contributed by atoms with E-state index in [2.05, 4.69) is 36.1 Å². The lowest BCUT2D eigenvalue weighted by Crippen LogP contribution is -2.07. The van der Waals surface area contributed by atoms with E-state index in [1.54, 1.807) is 0 Å². The summed E-state index contributed by atoms with van der Waals surface area (Å²) in [6.07, 6.45) is 12.3. The van der Waals surface area contributed by atoms with Crippen LogP contribution in [-0.2, 0) is 4.84 Å². The summed E-state index contributed by atoms with van der Waals surface area (Å²) in [5, 5.41) is 3.94. The van der Waals surface area contributed by atoms with Gasteiger partial charge < -0.3 is 4.84 Å². The van der Waals surface area contributed by atoms with E-state index >= 15 is 0 Å². The Hall–Kier alpha value is -1.57. The number of rotatable bonds is 6. The van der Waals surface area contributed by atoms with Crippen LogP contribution in [0.4, 0.5) is 0 Å². The lowest BCUT2D eigenvalue weighted by molar-refractivity contribution is 0.151. The third-order valence-electron chi connectivity index (χ3n) is 3.65. The van der Waals surface area contributed by atoms with Gasteiger partial charge in [0.05, 0.1) is 0 Å². The Bertz CT molecular complexity index is 419. The van der Waals surface area contributed by atoms with Gasteiger partial charge in [0.15, 0.2) is 0 Å². The fourth-order valence-electron chi connectivity index (χ4n) is 2.63. The molecule has 0 N–H and O–H groups in total. The number of benzene rings is 1. The zero-order valence-corrected chi connectivity index (χ0v) is 11.5. The van der Waals surface area contributed by atoms with E-state index in [4.69, 9.17) is 4.84 Å². The van der Waals surface area contributed by atoms with Gasteiger partial charge in [-0.2, -0.15) is 0 Å². The van der Waals surface area contributed by atoms with E-state index in [1.165, 1.54) is 37.7 Å². The molecule has 19 heavy (non-hydrogen) atoms. The fourth-order valence-corrected chi connectivity index (χ4v) is 2.63. The van der Waals surface area contributed by atoms with Gasteiger partial charge in [-0.05, 0) is 24.3 Å². The first-order valence-electron chi connectivity index (χ1n) is 7.19. The summed E-state index contributed by atoms with van der Waals surface area (Å²) in [4.78, 5) is 5.16. The van der Waals surface area contributed by atoms with E-state index in [-0.39, 0.29) is 0 Å². The van der Waals surface area contributed by atoms with Crippen molar-refractivity contribution >= 4 is 6.21 Å². The molecule has 2 nitrogen and oxygen atoms in total. The molecule has 1 saturated carbocycles. The van der Waals surface area contributed by atoms with Crippen molar-refractivity contribution in [3.8, 4) is 0 Å². The predicted molar refractivity (Wildman–Crippen MR) is 79.6 cm³/mol. The van der Waals surface area contributed by atoms with E-state index in [1.807, 2.05) is 12.1 Å². The summed E-state index contributed by atoms with van der Waals surface area (Å²) in [6.45, 7) is 4.22. The van der Waals surface area contributed by atoms with Crippen LogP contribution in [0.2, 0.25) is 0 Å². The maximum Gasteiger partial charge on any atom is 0.139 e. The van der Waals surface area contributed by atoms with Crippen LogP contribution in [0.5, 0.6) is 0 Å². The molecule has 0 aliphatic heterocycles. The van der Waals surface area contributed by atoms with Gasteiger partial charge in [0.1, 0.15) is 12.8 Å². The Morgan fingerprint density at radius 1 is 1.26 bits per heavy atom. The number of hydrogen-bond donors (Lipinski definition) is 0. The van der Waals surface area contributed by atoms with Crippen molar-refractivity contribution < 1.29 is 4.84 Å². The largest absolute Gasteiger partial charge is 0.395 e. The molecule has 0 spiro atoms. The van der Waals surface area contributed by atoms with Crippen LogP contribution in [0.3, 0.4) is 0 Å². The van der Waals surface area contributed by atoms with Crippen LogP contribution in [0.1, 0.15) is 55.6 Å². The standard InChI is InChI=1S/C17H22NO/c1-2-3-13-19-18-14-16-11-7-8-12-17(16)15-9-5-4-6-10-15/h2,7-8,11-12,15H,1,3-6,9-10,13H2. The molecule has 0 aromatic heterocycles. The summed E-state index contributed by atoms with van der Waals surface area (Å²) < 4.78 is 0. The molecule has 0 heterocycles. The minimum Gasteiger partial charge on any atom is -0.395 e.